The molecular formula is C31H42O7S2. The van der Waals surface area contributed by atoms with Crippen molar-refractivity contribution in [3.8, 4) is 0 Å². The summed E-state index contributed by atoms with van der Waals surface area (Å²) in [5.41, 5.74) is -0.855. The number of thioether (sulfide) groups is 1. The highest BCUT2D eigenvalue weighted by Gasteiger charge is 2.81. The van der Waals surface area contributed by atoms with E-state index in [1.165, 1.54) is 11.8 Å². The van der Waals surface area contributed by atoms with Gasteiger partial charge in [0.15, 0.2) is 0 Å². The Morgan fingerprint density at radius 1 is 1.25 bits per heavy atom. The molecule has 5 rings (SSSR count). The first-order valence-electron chi connectivity index (χ1n) is 14.2. The molecule has 0 radical (unpaired) electrons. The smallest absolute Gasteiger partial charge is 0.316 e. The van der Waals surface area contributed by atoms with E-state index in [0.29, 0.717) is 24.2 Å². The second-order valence-corrected chi connectivity index (χ2v) is 16.1. The van der Waals surface area contributed by atoms with E-state index in [0.717, 1.165) is 30.4 Å². The van der Waals surface area contributed by atoms with Gasteiger partial charge in [0.25, 0.3) is 10.1 Å². The third-order valence-electron chi connectivity index (χ3n) is 11.3. The highest BCUT2D eigenvalue weighted by molar-refractivity contribution is 8.00. The lowest BCUT2D eigenvalue weighted by Crippen LogP contribution is -2.71. The Balaban J connectivity index is 1.39. The van der Waals surface area contributed by atoms with Crippen LogP contribution in [-0.4, -0.2) is 49.5 Å². The highest BCUT2D eigenvalue weighted by Crippen LogP contribution is 2.82. The average molecular weight is 591 g/mol. The lowest BCUT2D eigenvalue weighted by Gasteiger charge is -2.71. The van der Waals surface area contributed by atoms with Crippen LogP contribution in [0.15, 0.2) is 41.8 Å². The molecule has 0 aromatic heterocycles. The summed E-state index contributed by atoms with van der Waals surface area (Å²) in [4.78, 5) is 27.6. The number of esters is 1. The Morgan fingerprint density at radius 3 is 2.65 bits per heavy atom. The van der Waals surface area contributed by atoms with Gasteiger partial charge < -0.3 is 9.84 Å². The molecule has 40 heavy (non-hydrogen) atoms. The number of hydrogen-bond donors (Lipinski definition) is 1. The monoisotopic (exact) mass is 590 g/mol. The van der Waals surface area contributed by atoms with E-state index < -0.39 is 33.2 Å². The summed E-state index contributed by atoms with van der Waals surface area (Å²) in [6, 6.07) is 7.24. The van der Waals surface area contributed by atoms with Crippen LogP contribution in [0.25, 0.3) is 0 Å². The van der Waals surface area contributed by atoms with E-state index in [2.05, 4.69) is 27.4 Å². The molecule has 4 fully saturated rings. The predicted molar refractivity (Wildman–Crippen MR) is 154 cm³/mol. The van der Waals surface area contributed by atoms with Crippen LogP contribution < -0.4 is 0 Å². The first-order chi connectivity index (χ1) is 18.6. The van der Waals surface area contributed by atoms with Crippen LogP contribution in [0.5, 0.6) is 0 Å². The first-order valence-corrected chi connectivity index (χ1v) is 17.0. The normalized spacial score (nSPS) is 42.2. The maximum absolute atomic E-state index is 13.4. The third-order valence-corrected chi connectivity index (χ3v) is 12.8. The Bertz CT molecular complexity index is 1330. The number of Topliss-reactive ketones (excluding diaryl/α,β-unsaturated/α-hetero) is 1. The van der Waals surface area contributed by atoms with Crippen molar-refractivity contribution in [1.29, 1.82) is 0 Å². The van der Waals surface area contributed by atoms with Crippen LogP contribution in [-0.2, 0) is 35.2 Å². The molecule has 2 spiro atoms. The molecule has 0 aliphatic heterocycles. The number of benzene rings is 1. The summed E-state index contributed by atoms with van der Waals surface area (Å²) >= 11 is 1.33. The Hall–Kier alpha value is -1.68. The van der Waals surface area contributed by atoms with Gasteiger partial charge in [0.05, 0.1) is 24.7 Å². The second kappa shape index (κ2) is 9.96. The first kappa shape index (κ1) is 29.8. The minimum Gasteiger partial charge on any atom is -0.461 e. The molecule has 0 saturated heterocycles. The molecule has 1 aromatic rings. The average Bonchev–Trinajstić information content (AvgIpc) is 3.08. The molecule has 1 N–H and O–H groups in total. The predicted octanol–water partition coefficient (Wildman–Crippen LogP) is 5.16. The molecule has 4 saturated carbocycles. The van der Waals surface area contributed by atoms with Crippen LogP contribution in [0.2, 0.25) is 0 Å². The van der Waals surface area contributed by atoms with Gasteiger partial charge in [-0.25, -0.2) is 0 Å². The lowest BCUT2D eigenvalue weighted by atomic mass is 9.32. The van der Waals surface area contributed by atoms with Gasteiger partial charge in [-0.05, 0) is 66.5 Å². The molecule has 7 nitrogen and oxygen atoms in total. The number of ether oxygens (including phenoxy) is 1. The number of carbonyl (C=O) groups is 2. The molecule has 2 bridgehead atoms. The summed E-state index contributed by atoms with van der Waals surface area (Å²) in [7, 11) is -3.56. The number of rotatable bonds is 8. The highest BCUT2D eigenvalue weighted by atomic mass is 32.2. The minimum absolute atomic E-state index is 0.0116. The zero-order valence-corrected chi connectivity index (χ0v) is 25.8. The summed E-state index contributed by atoms with van der Waals surface area (Å²) in [5, 5.41) is 11.7. The summed E-state index contributed by atoms with van der Waals surface area (Å²) in [6.45, 7) is 12.6. The minimum atomic E-state index is -3.56. The van der Waals surface area contributed by atoms with Gasteiger partial charge in [-0.3, -0.25) is 13.8 Å². The van der Waals surface area contributed by atoms with Crippen molar-refractivity contribution >= 4 is 33.6 Å². The van der Waals surface area contributed by atoms with Crippen LogP contribution in [0.4, 0.5) is 0 Å². The molecule has 220 valence electrons. The molecule has 9 atom stereocenters. The van der Waals surface area contributed by atoms with Crippen molar-refractivity contribution in [2.24, 2.45) is 39.4 Å². The largest absolute Gasteiger partial charge is 0.461 e. The molecule has 9 heteroatoms. The fraction of sp³-hybridized carbons (Fsp3) is 0.677. The quantitative estimate of drug-likeness (QED) is 0.192. The zero-order valence-electron chi connectivity index (χ0n) is 24.1. The Morgan fingerprint density at radius 2 is 1.98 bits per heavy atom. The maximum atomic E-state index is 13.4. The van der Waals surface area contributed by atoms with E-state index >= 15 is 0 Å². The van der Waals surface area contributed by atoms with Crippen molar-refractivity contribution in [1.82, 2.24) is 0 Å². The Kier molecular flexibility index (Phi) is 7.42. The summed E-state index contributed by atoms with van der Waals surface area (Å²) in [5.74, 6) is 0.374. The van der Waals surface area contributed by atoms with E-state index in [9.17, 15) is 23.1 Å². The van der Waals surface area contributed by atoms with Crippen molar-refractivity contribution in [3.63, 3.8) is 0 Å². The fourth-order valence-electron chi connectivity index (χ4n) is 9.26. The number of aliphatic hydroxyl groups is 1. The molecule has 0 amide bonds. The van der Waals surface area contributed by atoms with Gasteiger partial charge >= 0.3 is 5.97 Å². The van der Waals surface area contributed by atoms with Crippen LogP contribution in [0, 0.1) is 39.4 Å². The molecule has 1 aromatic carbocycles. The molecule has 0 heterocycles. The fourth-order valence-corrected chi connectivity index (χ4v) is 10.4. The zero-order chi connectivity index (χ0) is 29.3. The van der Waals surface area contributed by atoms with Crippen molar-refractivity contribution in [2.75, 3.05) is 12.0 Å². The van der Waals surface area contributed by atoms with Crippen molar-refractivity contribution in [3.05, 3.63) is 42.5 Å². The van der Waals surface area contributed by atoms with Gasteiger partial charge in [-0.15, -0.1) is 18.3 Å². The van der Waals surface area contributed by atoms with Gasteiger partial charge in [0.1, 0.15) is 11.9 Å². The van der Waals surface area contributed by atoms with E-state index in [4.69, 9.17) is 8.92 Å². The molecule has 4 aliphatic carbocycles. The molecule has 4 unspecified atom stereocenters. The van der Waals surface area contributed by atoms with Gasteiger partial charge in [-0.1, -0.05) is 45.9 Å². The number of hydrogen-bond acceptors (Lipinski definition) is 8. The lowest BCUT2D eigenvalue weighted by molar-refractivity contribution is -0.257. The maximum Gasteiger partial charge on any atom is 0.316 e. The van der Waals surface area contributed by atoms with Crippen LogP contribution in [0.3, 0.4) is 0 Å². The molecular weight excluding hydrogens is 548 g/mol. The third kappa shape index (κ3) is 4.50. The Labute approximate surface area is 242 Å². The van der Waals surface area contributed by atoms with Gasteiger partial charge in [0.2, 0.25) is 0 Å². The van der Waals surface area contributed by atoms with Crippen molar-refractivity contribution < 1.29 is 32.0 Å². The summed E-state index contributed by atoms with van der Waals surface area (Å²) in [6.07, 6.45) is 5.16. The van der Waals surface area contributed by atoms with Crippen molar-refractivity contribution in [2.45, 2.75) is 83.5 Å². The van der Waals surface area contributed by atoms with Gasteiger partial charge in [0, 0.05) is 27.6 Å². The number of aliphatic hydroxyl groups excluding tert-OH is 1. The standard InChI is InChI=1S/C31H42O7S2/c1-7-28(4)15-24(38-25(33)17-39-22-10-8-9-21(13-22)16-37-40(6,35)36)29(5)19(2)14-31-18-30(27(29)31,12-11-23(31)32)20(3)26(28)34/h7-10,13,19-20,24,26-27,34H,1,11-12,14-18H2,2-6H3/t19?,20-,24+,26-,27?,28+,29-,30?,31?/m0/s1. The topological polar surface area (TPSA) is 107 Å². The number of carbonyl (C=O) groups excluding carboxylic acids is 2. The molecule has 4 aliphatic rings. The van der Waals surface area contributed by atoms with E-state index in [1.807, 2.05) is 19.1 Å². The summed E-state index contributed by atoms with van der Waals surface area (Å²) < 4.78 is 34.0. The van der Waals surface area contributed by atoms with E-state index in [-0.39, 0.29) is 46.9 Å². The number of ketones is 1. The SMILES string of the molecule is C=C[C@]1(C)C[C@@H](OC(=O)CSc2cccc(COS(C)(=O)=O)c2)[C@]2(C)C(C)CC34CC(CCC3=O)(C42)[C@@H](C)[C@@H]1O. The van der Waals surface area contributed by atoms with Gasteiger partial charge in [-0.2, -0.15) is 8.42 Å². The van der Waals surface area contributed by atoms with E-state index in [1.54, 1.807) is 18.2 Å². The van der Waals surface area contributed by atoms with Crippen LogP contribution in [0.1, 0.15) is 65.4 Å². The van der Waals surface area contributed by atoms with Crippen LogP contribution >= 0.6 is 11.8 Å². The second-order valence-electron chi connectivity index (χ2n) is 13.4.